The molecule has 1 aromatic carbocycles. The van der Waals surface area contributed by atoms with Crippen molar-refractivity contribution in [3.05, 3.63) is 35.9 Å². The molecule has 3 aliphatic rings. The van der Waals surface area contributed by atoms with Crippen LogP contribution in [0.2, 0.25) is 0 Å². The van der Waals surface area contributed by atoms with Crippen molar-refractivity contribution in [1.29, 1.82) is 0 Å². The number of hydrogen-bond donors (Lipinski definition) is 3. The van der Waals surface area contributed by atoms with E-state index in [0.717, 1.165) is 24.8 Å². The third kappa shape index (κ3) is 4.64. The van der Waals surface area contributed by atoms with Gasteiger partial charge in [0.25, 0.3) is 0 Å². The van der Waals surface area contributed by atoms with Crippen LogP contribution in [0.15, 0.2) is 30.3 Å². The maximum Gasteiger partial charge on any atom is 0.246 e. The van der Waals surface area contributed by atoms with Gasteiger partial charge in [-0.15, -0.1) is 0 Å². The van der Waals surface area contributed by atoms with Gasteiger partial charge in [0.15, 0.2) is 0 Å². The van der Waals surface area contributed by atoms with E-state index in [2.05, 4.69) is 17.6 Å². The topological polar surface area (TPSA) is 108 Å². The number of fused-ring (bicyclic) bond motifs is 1. The van der Waals surface area contributed by atoms with Crippen molar-refractivity contribution in [2.45, 2.75) is 109 Å². The van der Waals surface area contributed by atoms with Crippen LogP contribution in [-0.4, -0.2) is 63.7 Å². The quantitative estimate of drug-likeness (QED) is 0.387. The summed E-state index contributed by atoms with van der Waals surface area (Å²) in [5, 5.41) is 16.6. The molecule has 2 bridgehead atoms. The van der Waals surface area contributed by atoms with Crippen LogP contribution in [0.3, 0.4) is 0 Å². The monoisotopic (exact) mass is 527 g/mol. The van der Waals surface area contributed by atoms with Crippen LogP contribution >= 0.6 is 0 Å². The molecular weight excluding hydrogens is 482 g/mol. The molecule has 0 saturated carbocycles. The molecule has 1 spiro atoms. The normalized spacial score (nSPS) is 32.1. The number of ether oxygens (including phenoxy) is 1. The zero-order valence-corrected chi connectivity index (χ0v) is 23.5. The largest absolute Gasteiger partial charge is 0.394 e. The summed E-state index contributed by atoms with van der Waals surface area (Å²) in [5.74, 6) is -2.18. The number of aliphatic hydroxyl groups is 1. The van der Waals surface area contributed by atoms with E-state index in [1.165, 1.54) is 0 Å². The SMILES string of the molecule is CCCC(C)NC(=O)C1N([C@@H](CO)[C@@H](C)CC)C(=O)[C@@H]2[C@@H](C(=O)NCc3ccccc3)[C@@]3(CC)CCC12O3. The fraction of sp³-hybridized carbons (Fsp3) is 0.700. The first kappa shape index (κ1) is 28.6. The second-order valence-corrected chi connectivity index (χ2v) is 11.6. The number of rotatable bonds is 12. The van der Waals surface area contributed by atoms with E-state index >= 15 is 0 Å². The standard InChI is InChI=1S/C30H45N3O5/c1-6-12-20(5)32-27(36)25-30-16-15-29(8-3,38-30)23(26(35)31-17-21-13-10-9-11-14-21)24(30)28(37)33(25)22(18-34)19(4)7-2/h9-11,13-14,19-20,22-25,34H,6-8,12,15-18H2,1-5H3,(H,31,35)(H,32,36)/t19-,20?,22-,23-,24-,25?,29+,30?/m0/s1. The van der Waals surface area contributed by atoms with E-state index in [1.54, 1.807) is 4.90 Å². The van der Waals surface area contributed by atoms with Gasteiger partial charge < -0.3 is 25.4 Å². The van der Waals surface area contributed by atoms with Gasteiger partial charge in [0, 0.05) is 12.6 Å². The molecule has 3 heterocycles. The molecule has 1 aromatic rings. The Balaban J connectivity index is 1.72. The van der Waals surface area contributed by atoms with Crippen LogP contribution in [0, 0.1) is 17.8 Å². The van der Waals surface area contributed by atoms with Gasteiger partial charge in [0.05, 0.1) is 30.1 Å². The molecule has 8 heteroatoms. The average Bonchev–Trinajstić information content (AvgIpc) is 3.52. The molecule has 210 valence electrons. The van der Waals surface area contributed by atoms with Crippen LogP contribution in [-0.2, 0) is 25.7 Å². The Kier molecular flexibility index (Phi) is 8.52. The number of aliphatic hydroxyl groups excluding tert-OH is 1. The highest BCUT2D eigenvalue weighted by molar-refractivity contribution is 5.99. The predicted octanol–water partition coefficient (Wildman–Crippen LogP) is 3.17. The van der Waals surface area contributed by atoms with Crippen LogP contribution in [0.25, 0.3) is 0 Å². The highest BCUT2D eigenvalue weighted by Crippen LogP contribution is 2.64. The second kappa shape index (κ2) is 11.3. The van der Waals surface area contributed by atoms with E-state index in [9.17, 15) is 19.5 Å². The molecule has 8 atom stereocenters. The zero-order chi connectivity index (χ0) is 27.7. The minimum atomic E-state index is -1.08. The number of benzene rings is 1. The fourth-order valence-electron chi connectivity index (χ4n) is 7.25. The second-order valence-electron chi connectivity index (χ2n) is 11.6. The van der Waals surface area contributed by atoms with Crippen LogP contribution in [0.4, 0.5) is 0 Å². The van der Waals surface area contributed by atoms with Gasteiger partial charge in [-0.05, 0) is 44.1 Å². The first-order chi connectivity index (χ1) is 18.2. The minimum absolute atomic E-state index is 0.0229. The molecule has 8 nitrogen and oxygen atoms in total. The zero-order valence-electron chi connectivity index (χ0n) is 23.5. The molecule has 3 amide bonds. The van der Waals surface area contributed by atoms with Crippen molar-refractivity contribution < 1.29 is 24.2 Å². The van der Waals surface area contributed by atoms with E-state index in [-0.39, 0.29) is 36.3 Å². The molecule has 3 aliphatic heterocycles. The van der Waals surface area contributed by atoms with Crippen molar-refractivity contribution in [3.8, 4) is 0 Å². The Morgan fingerprint density at radius 2 is 1.84 bits per heavy atom. The smallest absolute Gasteiger partial charge is 0.246 e. The Bertz CT molecular complexity index is 1020. The van der Waals surface area contributed by atoms with Gasteiger partial charge in [-0.25, -0.2) is 0 Å². The summed E-state index contributed by atoms with van der Waals surface area (Å²) in [7, 11) is 0. The van der Waals surface area contributed by atoms with Crippen molar-refractivity contribution in [3.63, 3.8) is 0 Å². The van der Waals surface area contributed by atoms with Crippen LogP contribution < -0.4 is 10.6 Å². The van der Waals surface area contributed by atoms with Crippen molar-refractivity contribution >= 4 is 17.7 Å². The van der Waals surface area contributed by atoms with Crippen LogP contribution in [0.5, 0.6) is 0 Å². The molecular formula is C30H45N3O5. The molecule has 3 saturated heterocycles. The number of carbonyl (C=O) groups excluding carboxylic acids is 3. The molecule has 38 heavy (non-hydrogen) atoms. The van der Waals surface area contributed by atoms with E-state index in [0.29, 0.717) is 25.8 Å². The maximum absolute atomic E-state index is 14.3. The van der Waals surface area contributed by atoms with Crippen molar-refractivity contribution in [2.75, 3.05) is 6.61 Å². The van der Waals surface area contributed by atoms with E-state index in [4.69, 9.17) is 4.74 Å². The Hall–Kier alpha value is -2.45. The van der Waals surface area contributed by atoms with Crippen molar-refractivity contribution in [1.82, 2.24) is 15.5 Å². The lowest BCUT2D eigenvalue weighted by atomic mass is 9.65. The average molecular weight is 528 g/mol. The fourth-order valence-corrected chi connectivity index (χ4v) is 7.25. The lowest BCUT2D eigenvalue weighted by molar-refractivity contribution is -0.152. The first-order valence-corrected chi connectivity index (χ1v) is 14.4. The van der Waals surface area contributed by atoms with Gasteiger partial charge in [0.1, 0.15) is 11.6 Å². The van der Waals surface area contributed by atoms with Gasteiger partial charge in [-0.2, -0.15) is 0 Å². The van der Waals surface area contributed by atoms with E-state index in [1.807, 2.05) is 58.0 Å². The summed E-state index contributed by atoms with van der Waals surface area (Å²) in [5.41, 5.74) is -0.895. The third-order valence-corrected chi connectivity index (χ3v) is 9.41. The molecule has 3 unspecified atom stereocenters. The molecule has 3 fully saturated rings. The lowest BCUT2D eigenvalue weighted by Crippen LogP contribution is -2.60. The Labute approximate surface area is 226 Å². The molecule has 3 N–H and O–H groups in total. The highest BCUT2D eigenvalue weighted by Gasteiger charge is 2.79. The number of nitrogens with zero attached hydrogens (tertiary/aromatic N) is 1. The number of carbonyl (C=O) groups is 3. The number of likely N-dealkylation sites (tertiary alicyclic amines) is 1. The molecule has 0 aliphatic carbocycles. The highest BCUT2D eigenvalue weighted by atomic mass is 16.5. The van der Waals surface area contributed by atoms with Crippen molar-refractivity contribution in [2.24, 2.45) is 17.8 Å². The summed E-state index contributed by atoms with van der Waals surface area (Å²) < 4.78 is 6.82. The van der Waals surface area contributed by atoms with Gasteiger partial charge in [-0.3, -0.25) is 14.4 Å². The first-order valence-electron chi connectivity index (χ1n) is 14.4. The van der Waals surface area contributed by atoms with Gasteiger partial charge >= 0.3 is 0 Å². The number of hydrogen-bond acceptors (Lipinski definition) is 5. The minimum Gasteiger partial charge on any atom is -0.394 e. The van der Waals surface area contributed by atoms with Gasteiger partial charge in [-0.1, -0.05) is 70.9 Å². The van der Waals surface area contributed by atoms with Gasteiger partial charge in [0.2, 0.25) is 17.7 Å². The lowest BCUT2D eigenvalue weighted by Gasteiger charge is -2.39. The summed E-state index contributed by atoms with van der Waals surface area (Å²) in [4.78, 5) is 43.7. The Morgan fingerprint density at radius 3 is 2.45 bits per heavy atom. The number of amides is 3. The Morgan fingerprint density at radius 1 is 1.13 bits per heavy atom. The maximum atomic E-state index is 14.3. The van der Waals surface area contributed by atoms with E-state index < -0.39 is 35.1 Å². The summed E-state index contributed by atoms with van der Waals surface area (Å²) in [6, 6.07) is 8.22. The molecule has 4 rings (SSSR count). The molecule has 0 aromatic heterocycles. The summed E-state index contributed by atoms with van der Waals surface area (Å²) >= 11 is 0. The third-order valence-electron chi connectivity index (χ3n) is 9.41. The van der Waals surface area contributed by atoms with Crippen LogP contribution in [0.1, 0.15) is 78.7 Å². The molecule has 0 radical (unpaired) electrons. The summed E-state index contributed by atoms with van der Waals surface area (Å²) in [6.45, 7) is 10.1. The number of nitrogens with one attached hydrogen (secondary N) is 2. The summed E-state index contributed by atoms with van der Waals surface area (Å²) in [6.07, 6.45) is 4.22. The predicted molar refractivity (Wildman–Crippen MR) is 145 cm³/mol.